The number of halogens is 4. The molecule has 0 unspecified atom stereocenters. The Bertz CT molecular complexity index is 1190. The van der Waals surface area contributed by atoms with Gasteiger partial charge in [-0.15, -0.1) is 0 Å². The molecule has 0 spiro atoms. The summed E-state index contributed by atoms with van der Waals surface area (Å²) in [6.07, 6.45) is -1.48. The van der Waals surface area contributed by atoms with E-state index >= 15 is 0 Å². The van der Waals surface area contributed by atoms with Crippen molar-refractivity contribution in [1.29, 1.82) is 0 Å². The molecule has 0 bridgehead atoms. The number of hydrogen-bond acceptors (Lipinski definition) is 4. The second kappa shape index (κ2) is 7.23. The van der Waals surface area contributed by atoms with E-state index in [0.29, 0.717) is 5.56 Å². The number of alkyl halides is 3. The molecule has 162 valence electrons. The number of fused-ring (bicyclic) bond motifs is 1. The van der Waals surface area contributed by atoms with Crippen LogP contribution >= 0.6 is 22.9 Å². The standard InChI is InChI=1S/C20H16ClF3N4O2S/c21-17-16(19(30)26-4-5-27(15(29)9-26)13-3-6-31-10-13)25-18-14(20(22,23)24)7-12(8-28(17)18)11-1-2-11/h3,6-8,10-11H,1-2,4-5,9H2. The molecule has 11 heteroatoms. The molecule has 31 heavy (non-hydrogen) atoms. The van der Waals surface area contributed by atoms with Gasteiger partial charge in [0.25, 0.3) is 5.91 Å². The van der Waals surface area contributed by atoms with Gasteiger partial charge >= 0.3 is 6.18 Å². The number of carbonyl (C=O) groups is 2. The van der Waals surface area contributed by atoms with Gasteiger partial charge in [-0.05, 0) is 41.8 Å². The zero-order valence-corrected chi connectivity index (χ0v) is 17.6. The highest BCUT2D eigenvalue weighted by molar-refractivity contribution is 7.08. The van der Waals surface area contributed by atoms with Crippen LogP contribution in [0.2, 0.25) is 5.15 Å². The lowest BCUT2D eigenvalue weighted by Gasteiger charge is -2.33. The Morgan fingerprint density at radius 2 is 2.03 bits per heavy atom. The lowest BCUT2D eigenvalue weighted by atomic mass is 10.1. The zero-order valence-electron chi connectivity index (χ0n) is 16.0. The first-order valence-electron chi connectivity index (χ1n) is 9.64. The first kappa shape index (κ1) is 20.3. The first-order chi connectivity index (χ1) is 14.7. The van der Waals surface area contributed by atoms with Crippen LogP contribution in [-0.2, 0) is 11.0 Å². The van der Waals surface area contributed by atoms with E-state index in [1.807, 2.05) is 16.8 Å². The lowest BCUT2D eigenvalue weighted by Crippen LogP contribution is -2.52. The van der Waals surface area contributed by atoms with Crippen molar-refractivity contribution in [2.24, 2.45) is 0 Å². The van der Waals surface area contributed by atoms with Crippen molar-refractivity contribution in [3.05, 3.63) is 51.1 Å². The van der Waals surface area contributed by atoms with Gasteiger partial charge < -0.3 is 9.80 Å². The Balaban J connectivity index is 1.48. The van der Waals surface area contributed by atoms with Crippen LogP contribution < -0.4 is 4.90 Å². The SMILES string of the molecule is O=C(c1nc2c(C(F)(F)F)cc(C3CC3)cn2c1Cl)N1CCN(c2ccsc2)C(=O)C1. The summed E-state index contributed by atoms with van der Waals surface area (Å²) in [5.74, 6) is -0.871. The number of aromatic nitrogens is 2. The van der Waals surface area contributed by atoms with Crippen LogP contribution in [0, 0.1) is 0 Å². The number of pyridine rings is 1. The number of thiophene rings is 1. The van der Waals surface area contributed by atoms with Gasteiger partial charge in [0.15, 0.2) is 11.3 Å². The van der Waals surface area contributed by atoms with Crippen LogP contribution in [0.4, 0.5) is 18.9 Å². The molecular formula is C20H16ClF3N4O2S. The topological polar surface area (TPSA) is 57.9 Å². The number of rotatable bonds is 3. The van der Waals surface area contributed by atoms with Gasteiger partial charge in [-0.1, -0.05) is 11.6 Å². The third kappa shape index (κ3) is 3.57. The Kier molecular flexibility index (Phi) is 4.74. The van der Waals surface area contributed by atoms with Crippen molar-refractivity contribution in [2.45, 2.75) is 24.9 Å². The van der Waals surface area contributed by atoms with Gasteiger partial charge in [0.2, 0.25) is 5.91 Å². The lowest BCUT2D eigenvalue weighted by molar-refractivity contribution is -0.136. The number of hydrogen-bond donors (Lipinski definition) is 0. The Morgan fingerprint density at radius 3 is 2.65 bits per heavy atom. The normalized spacial score (nSPS) is 17.6. The molecule has 2 fully saturated rings. The minimum atomic E-state index is -4.64. The second-order valence-corrected chi connectivity index (χ2v) is 8.80. The predicted molar refractivity (Wildman–Crippen MR) is 110 cm³/mol. The van der Waals surface area contributed by atoms with Crippen LogP contribution in [0.15, 0.2) is 29.1 Å². The van der Waals surface area contributed by atoms with Crippen LogP contribution in [0.25, 0.3) is 5.65 Å². The van der Waals surface area contributed by atoms with Crippen molar-refractivity contribution in [2.75, 3.05) is 24.5 Å². The molecule has 5 rings (SSSR count). The molecule has 0 N–H and O–H groups in total. The maximum Gasteiger partial charge on any atom is 0.419 e. The molecule has 0 aromatic carbocycles. The average Bonchev–Trinajstić information content (AvgIpc) is 3.33. The van der Waals surface area contributed by atoms with Crippen molar-refractivity contribution < 1.29 is 22.8 Å². The molecule has 0 radical (unpaired) electrons. The number of anilines is 1. The van der Waals surface area contributed by atoms with Gasteiger partial charge in [-0.3, -0.25) is 14.0 Å². The molecule has 3 aromatic heterocycles. The fraction of sp³-hybridized carbons (Fsp3) is 0.350. The summed E-state index contributed by atoms with van der Waals surface area (Å²) in [6.45, 7) is 0.314. The summed E-state index contributed by atoms with van der Waals surface area (Å²) >= 11 is 7.79. The van der Waals surface area contributed by atoms with Crippen LogP contribution in [-0.4, -0.2) is 45.7 Å². The Labute approximate surface area is 183 Å². The average molecular weight is 469 g/mol. The van der Waals surface area contributed by atoms with E-state index in [1.165, 1.54) is 22.4 Å². The number of amides is 2. The number of imidazole rings is 1. The highest BCUT2D eigenvalue weighted by Crippen LogP contribution is 2.43. The Morgan fingerprint density at radius 1 is 1.26 bits per heavy atom. The minimum absolute atomic E-state index is 0.0610. The van der Waals surface area contributed by atoms with Crippen molar-refractivity contribution in [3.8, 4) is 0 Å². The van der Waals surface area contributed by atoms with E-state index in [2.05, 4.69) is 4.98 Å². The molecule has 1 saturated heterocycles. The molecule has 1 aliphatic heterocycles. The molecular weight excluding hydrogens is 453 g/mol. The zero-order chi connectivity index (χ0) is 21.9. The molecule has 4 heterocycles. The highest BCUT2D eigenvalue weighted by atomic mass is 35.5. The molecule has 1 saturated carbocycles. The van der Waals surface area contributed by atoms with Gasteiger partial charge in [-0.25, -0.2) is 4.98 Å². The van der Waals surface area contributed by atoms with E-state index < -0.39 is 23.3 Å². The van der Waals surface area contributed by atoms with Crippen LogP contribution in [0.3, 0.4) is 0 Å². The number of carbonyl (C=O) groups excluding carboxylic acids is 2. The van der Waals surface area contributed by atoms with Gasteiger partial charge in [-0.2, -0.15) is 24.5 Å². The summed E-state index contributed by atoms with van der Waals surface area (Å²) in [7, 11) is 0. The number of nitrogens with zero attached hydrogens (tertiary/aromatic N) is 4. The maximum absolute atomic E-state index is 13.7. The molecule has 2 aliphatic rings. The summed E-state index contributed by atoms with van der Waals surface area (Å²) in [5.41, 5.74) is -0.324. The smallest absolute Gasteiger partial charge is 0.326 e. The maximum atomic E-state index is 13.7. The third-order valence-corrected chi connectivity index (χ3v) is 6.60. The van der Waals surface area contributed by atoms with E-state index in [0.717, 1.165) is 29.0 Å². The summed E-state index contributed by atoms with van der Waals surface area (Å²) < 4.78 is 42.1. The monoisotopic (exact) mass is 468 g/mol. The first-order valence-corrected chi connectivity index (χ1v) is 11.0. The molecule has 3 aromatic rings. The minimum Gasteiger partial charge on any atom is -0.326 e. The van der Waals surface area contributed by atoms with E-state index in [-0.39, 0.29) is 42.3 Å². The predicted octanol–water partition coefficient (Wildman–Crippen LogP) is 4.43. The van der Waals surface area contributed by atoms with Crippen molar-refractivity contribution in [1.82, 2.24) is 14.3 Å². The highest BCUT2D eigenvalue weighted by Gasteiger charge is 2.38. The Hall–Kier alpha value is -2.59. The molecule has 2 amide bonds. The molecule has 6 nitrogen and oxygen atoms in total. The van der Waals surface area contributed by atoms with E-state index in [4.69, 9.17) is 11.6 Å². The van der Waals surface area contributed by atoms with Gasteiger partial charge in [0.05, 0.1) is 11.3 Å². The van der Waals surface area contributed by atoms with Crippen molar-refractivity contribution >= 4 is 46.1 Å². The fourth-order valence-corrected chi connectivity index (χ4v) is 4.70. The summed E-state index contributed by atoms with van der Waals surface area (Å²) in [6, 6.07) is 2.91. The van der Waals surface area contributed by atoms with Gasteiger partial charge in [0, 0.05) is 24.7 Å². The summed E-state index contributed by atoms with van der Waals surface area (Å²) in [5, 5.41) is 3.51. The van der Waals surface area contributed by atoms with Crippen LogP contribution in [0.5, 0.6) is 0 Å². The van der Waals surface area contributed by atoms with E-state index in [1.54, 1.807) is 4.90 Å². The van der Waals surface area contributed by atoms with Crippen LogP contribution in [0.1, 0.15) is 40.4 Å². The van der Waals surface area contributed by atoms with Gasteiger partial charge in [0.1, 0.15) is 11.7 Å². The second-order valence-electron chi connectivity index (χ2n) is 7.66. The van der Waals surface area contributed by atoms with Crippen molar-refractivity contribution in [3.63, 3.8) is 0 Å². The molecule has 0 atom stereocenters. The summed E-state index contributed by atoms with van der Waals surface area (Å²) in [4.78, 5) is 32.4. The largest absolute Gasteiger partial charge is 0.419 e. The third-order valence-electron chi connectivity index (χ3n) is 5.57. The number of piperazine rings is 1. The van der Waals surface area contributed by atoms with E-state index in [9.17, 15) is 22.8 Å². The fourth-order valence-electron chi connectivity index (χ4n) is 3.80. The quantitative estimate of drug-likeness (QED) is 0.571. The molecule has 1 aliphatic carbocycles.